The molecule has 0 saturated carbocycles. The predicted molar refractivity (Wildman–Crippen MR) is 99.7 cm³/mol. The maximum absolute atomic E-state index is 12.6. The first-order valence-electron chi connectivity index (χ1n) is 9.69. The monoisotopic (exact) mass is 367 g/mol. The number of hydrogen-bond acceptors (Lipinski definition) is 4. The molecule has 0 unspecified atom stereocenters. The molecule has 2 aromatic rings. The zero-order valence-electron chi connectivity index (χ0n) is 15.5. The number of nitrogens with zero attached hydrogens (tertiary/aromatic N) is 5. The second-order valence-electron chi connectivity index (χ2n) is 7.29. The molecule has 1 fully saturated rings. The molecule has 2 amide bonds. The van der Waals surface area contributed by atoms with E-state index >= 15 is 0 Å². The number of carbonyl (C=O) groups excluding carboxylic acids is 2. The fraction of sp³-hybridized carbons (Fsp3) is 0.500. The molecule has 2 aliphatic rings. The van der Waals surface area contributed by atoms with Crippen LogP contribution >= 0.6 is 0 Å². The molecule has 1 saturated heterocycles. The van der Waals surface area contributed by atoms with E-state index in [2.05, 4.69) is 10.1 Å². The first-order chi connectivity index (χ1) is 13.2. The standard InChI is InChI=1S/C20H25N5O2/c26-19(23-8-1-2-9-23)6-5-17-13-18-15-24(10-11-25(18)22-17)20(27)12-16-4-3-7-21-14-16/h3-4,7,13-14H,1-2,5-6,8-12,15H2. The molecule has 0 spiro atoms. The Morgan fingerprint density at radius 1 is 1.04 bits per heavy atom. The minimum Gasteiger partial charge on any atom is -0.343 e. The third-order valence-corrected chi connectivity index (χ3v) is 5.33. The third-order valence-electron chi connectivity index (χ3n) is 5.33. The number of aromatic nitrogens is 3. The molecule has 0 N–H and O–H groups in total. The van der Waals surface area contributed by atoms with E-state index in [1.54, 1.807) is 12.4 Å². The molecule has 2 aliphatic heterocycles. The van der Waals surface area contributed by atoms with E-state index in [1.807, 2.05) is 32.7 Å². The summed E-state index contributed by atoms with van der Waals surface area (Å²) < 4.78 is 1.98. The minimum absolute atomic E-state index is 0.112. The van der Waals surface area contributed by atoms with Crippen LogP contribution in [0.4, 0.5) is 0 Å². The first-order valence-corrected chi connectivity index (χ1v) is 9.69. The van der Waals surface area contributed by atoms with Crippen molar-refractivity contribution < 1.29 is 9.59 Å². The summed E-state index contributed by atoms with van der Waals surface area (Å²) in [4.78, 5) is 32.7. The molecule has 2 aromatic heterocycles. The van der Waals surface area contributed by atoms with Crippen molar-refractivity contribution in [2.45, 2.75) is 45.2 Å². The molecule has 142 valence electrons. The van der Waals surface area contributed by atoms with Crippen molar-refractivity contribution in [2.75, 3.05) is 19.6 Å². The lowest BCUT2D eigenvalue weighted by Gasteiger charge is -2.27. The van der Waals surface area contributed by atoms with E-state index in [1.165, 1.54) is 0 Å². The van der Waals surface area contributed by atoms with Crippen molar-refractivity contribution in [3.8, 4) is 0 Å². The van der Waals surface area contributed by atoms with Gasteiger partial charge >= 0.3 is 0 Å². The van der Waals surface area contributed by atoms with Gasteiger partial charge in [0, 0.05) is 44.9 Å². The van der Waals surface area contributed by atoms with E-state index in [-0.39, 0.29) is 11.8 Å². The molecule has 27 heavy (non-hydrogen) atoms. The number of likely N-dealkylation sites (tertiary alicyclic amines) is 1. The third kappa shape index (κ3) is 4.18. The SMILES string of the molecule is O=C(CCc1cc2n(n1)CCN(C(=O)Cc1cccnc1)C2)N1CCCC1. The highest BCUT2D eigenvalue weighted by Gasteiger charge is 2.23. The number of aryl methyl sites for hydroxylation is 1. The summed E-state index contributed by atoms with van der Waals surface area (Å²) in [5.41, 5.74) is 2.92. The Bertz CT molecular complexity index is 811. The average molecular weight is 367 g/mol. The fourth-order valence-electron chi connectivity index (χ4n) is 3.81. The largest absolute Gasteiger partial charge is 0.343 e. The number of carbonyl (C=O) groups is 2. The smallest absolute Gasteiger partial charge is 0.227 e. The minimum atomic E-state index is 0.112. The molecule has 0 aromatic carbocycles. The highest BCUT2D eigenvalue weighted by molar-refractivity contribution is 5.78. The van der Waals surface area contributed by atoms with Gasteiger partial charge in [0.1, 0.15) is 0 Å². The molecule has 0 bridgehead atoms. The lowest BCUT2D eigenvalue weighted by atomic mass is 10.1. The fourth-order valence-corrected chi connectivity index (χ4v) is 3.81. The van der Waals surface area contributed by atoms with Crippen molar-refractivity contribution in [1.82, 2.24) is 24.6 Å². The van der Waals surface area contributed by atoms with Crippen LogP contribution in [0.15, 0.2) is 30.6 Å². The topological polar surface area (TPSA) is 71.3 Å². The van der Waals surface area contributed by atoms with Crippen molar-refractivity contribution in [3.63, 3.8) is 0 Å². The van der Waals surface area contributed by atoms with E-state index in [0.29, 0.717) is 38.9 Å². The Morgan fingerprint density at radius 2 is 1.89 bits per heavy atom. The molecule has 7 nitrogen and oxygen atoms in total. The van der Waals surface area contributed by atoms with Gasteiger partial charge < -0.3 is 9.80 Å². The number of rotatable bonds is 5. The van der Waals surface area contributed by atoms with E-state index in [4.69, 9.17) is 0 Å². The maximum atomic E-state index is 12.6. The zero-order chi connectivity index (χ0) is 18.6. The molecule has 7 heteroatoms. The van der Waals surface area contributed by atoms with Crippen LogP contribution in [0.2, 0.25) is 0 Å². The van der Waals surface area contributed by atoms with Gasteiger partial charge in [0.15, 0.2) is 0 Å². The number of hydrogen-bond donors (Lipinski definition) is 0. The van der Waals surface area contributed by atoms with Crippen LogP contribution in [0.5, 0.6) is 0 Å². The van der Waals surface area contributed by atoms with Gasteiger partial charge in [0.25, 0.3) is 0 Å². The summed E-state index contributed by atoms with van der Waals surface area (Å²) in [6, 6.07) is 5.82. The molecule has 0 radical (unpaired) electrons. The molecule has 4 rings (SSSR count). The van der Waals surface area contributed by atoms with E-state index < -0.39 is 0 Å². The van der Waals surface area contributed by atoms with Gasteiger partial charge in [-0.05, 0) is 30.5 Å². The van der Waals surface area contributed by atoms with Gasteiger partial charge in [0.05, 0.1) is 30.9 Å². The van der Waals surface area contributed by atoms with Gasteiger partial charge in [-0.1, -0.05) is 6.07 Å². The van der Waals surface area contributed by atoms with Gasteiger partial charge in [-0.3, -0.25) is 19.3 Å². The second kappa shape index (κ2) is 7.90. The highest BCUT2D eigenvalue weighted by Crippen LogP contribution is 2.17. The Balaban J connectivity index is 1.33. The van der Waals surface area contributed by atoms with Gasteiger partial charge in [0.2, 0.25) is 11.8 Å². The van der Waals surface area contributed by atoms with Gasteiger partial charge in [-0.15, -0.1) is 0 Å². The molecular weight excluding hydrogens is 342 g/mol. The van der Waals surface area contributed by atoms with Crippen LogP contribution in [0.3, 0.4) is 0 Å². The van der Waals surface area contributed by atoms with Crippen LogP contribution in [-0.2, 0) is 35.5 Å². The molecule has 0 aliphatic carbocycles. The molecule has 0 atom stereocenters. The van der Waals surface area contributed by atoms with Crippen molar-refractivity contribution >= 4 is 11.8 Å². The quantitative estimate of drug-likeness (QED) is 0.801. The van der Waals surface area contributed by atoms with E-state index in [0.717, 1.165) is 42.9 Å². The summed E-state index contributed by atoms with van der Waals surface area (Å²) >= 11 is 0. The van der Waals surface area contributed by atoms with Crippen LogP contribution in [0.25, 0.3) is 0 Å². The van der Waals surface area contributed by atoms with Crippen LogP contribution in [-0.4, -0.2) is 56.0 Å². The van der Waals surface area contributed by atoms with Crippen LogP contribution in [0.1, 0.15) is 36.2 Å². The number of fused-ring (bicyclic) bond motifs is 1. The average Bonchev–Trinajstić information content (AvgIpc) is 3.36. The van der Waals surface area contributed by atoms with E-state index in [9.17, 15) is 9.59 Å². The van der Waals surface area contributed by atoms with Crippen molar-refractivity contribution in [1.29, 1.82) is 0 Å². The lowest BCUT2D eigenvalue weighted by Crippen LogP contribution is -2.39. The summed E-state index contributed by atoms with van der Waals surface area (Å²) in [5.74, 6) is 0.341. The Kier molecular flexibility index (Phi) is 5.18. The summed E-state index contributed by atoms with van der Waals surface area (Å²) in [7, 11) is 0. The van der Waals surface area contributed by atoms with Crippen molar-refractivity contribution in [3.05, 3.63) is 47.5 Å². The van der Waals surface area contributed by atoms with Gasteiger partial charge in [-0.2, -0.15) is 5.10 Å². The molecular formula is C20H25N5O2. The van der Waals surface area contributed by atoms with Crippen LogP contribution < -0.4 is 0 Å². The number of pyridine rings is 1. The first kappa shape index (κ1) is 17.7. The lowest BCUT2D eigenvalue weighted by molar-refractivity contribution is -0.132. The van der Waals surface area contributed by atoms with Crippen molar-refractivity contribution in [2.24, 2.45) is 0 Å². The number of amides is 2. The summed E-state index contributed by atoms with van der Waals surface area (Å²) in [6.45, 7) is 3.74. The Morgan fingerprint density at radius 3 is 2.67 bits per heavy atom. The Hall–Kier alpha value is -2.70. The highest BCUT2D eigenvalue weighted by atomic mass is 16.2. The maximum Gasteiger partial charge on any atom is 0.227 e. The summed E-state index contributed by atoms with van der Waals surface area (Å²) in [6.07, 6.45) is 7.24. The van der Waals surface area contributed by atoms with Gasteiger partial charge in [-0.25, -0.2) is 0 Å². The second-order valence-corrected chi connectivity index (χ2v) is 7.29. The van der Waals surface area contributed by atoms with Crippen LogP contribution in [0, 0.1) is 0 Å². The Labute approximate surface area is 159 Å². The zero-order valence-corrected chi connectivity index (χ0v) is 15.5. The summed E-state index contributed by atoms with van der Waals surface area (Å²) in [5, 5.41) is 4.63. The normalized spacial score (nSPS) is 16.4. The predicted octanol–water partition coefficient (Wildman–Crippen LogP) is 1.42. The molecule has 4 heterocycles.